The molecular formula is C14H17N3O2S. The number of aryl methyl sites for hydroxylation is 1. The molecule has 0 aliphatic heterocycles. The Morgan fingerprint density at radius 3 is 2.70 bits per heavy atom. The number of carbonyl (C=O) groups excluding carboxylic acids is 1. The van der Waals surface area contributed by atoms with E-state index in [0.717, 1.165) is 17.9 Å². The van der Waals surface area contributed by atoms with E-state index < -0.39 is 10.8 Å². The van der Waals surface area contributed by atoms with Crippen molar-refractivity contribution in [2.75, 3.05) is 12.8 Å². The summed E-state index contributed by atoms with van der Waals surface area (Å²) in [5.74, 6) is -0.112. The number of carbonyl (C=O) groups is 1. The van der Waals surface area contributed by atoms with Crippen LogP contribution in [-0.4, -0.2) is 32.7 Å². The maximum atomic E-state index is 11.9. The molecule has 5 nitrogen and oxygen atoms in total. The van der Waals surface area contributed by atoms with Gasteiger partial charge in [0.1, 0.15) is 0 Å². The van der Waals surface area contributed by atoms with Crippen LogP contribution in [-0.2, 0) is 17.3 Å². The van der Waals surface area contributed by atoms with Crippen LogP contribution in [0.4, 0.5) is 0 Å². The minimum Gasteiger partial charge on any atom is -0.352 e. The highest BCUT2D eigenvalue weighted by Gasteiger charge is 2.05. The van der Waals surface area contributed by atoms with Crippen LogP contribution in [0.25, 0.3) is 0 Å². The van der Waals surface area contributed by atoms with Crippen molar-refractivity contribution in [2.45, 2.75) is 17.9 Å². The number of amides is 1. The Labute approximate surface area is 120 Å². The third kappa shape index (κ3) is 4.03. The zero-order chi connectivity index (χ0) is 14.4. The lowest BCUT2D eigenvalue weighted by molar-refractivity contribution is 0.0952. The molecule has 1 atom stereocenters. The molecule has 0 fully saturated rings. The van der Waals surface area contributed by atoms with Gasteiger partial charge in [-0.3, -0.25) is 13.7 Å². The third-order valence-corrected chi connectivity index (χ3v) is 3.79. The predicted molar refractivity (Wildman–Crippen MR) is 78.0 cm³/mol. The Hall–Kier alpha value is -1.95. The third-order valence-electron chi connectivity index (χ3n) is 2.86. The normalized spacial score (nSPS) is 12.1. The number of hydrogen-bond donors (Lipinski definition) is 1. The van der Waals surface area contributed by atoms with Gasteiger partial charge >= 0.3 is 0 Å². The van der Waals surface area contributed by atoms with E-state index in [1.807, 2.05) is 16.9 Å². The maximum Gasteiger partial charge on any atom is 0.251 e. The Bertz CT molecular complexity index is 579. The number of benzene rings is 1. The molecule has 6 heteroatoms. The van der Waals surface area contributed by atoms with Crippen molar-refractivity contribution < 1.29 is 9.00 Å². The molecule has 20 heavy (non-hydrogen) atoms. The van der Waals surface area contributed by atoms with Crippen molar-refractivity contribution in [3.8, 4) is 0 Å². The highest BCUT2D eigenvalue weighted by atomic mass is 32.2. The highest BCUT2D eigenvalue weighted by Crippen LogP contribution is 2.07. The zero-order valence-corrected chi connectivity index (χ0v) is 12.1. The fourth-order valence-corrected chi connectivity index (χ4v) is 2.30. The molecule has 1 aromatic heterocycles. The van der Waals surface area contributed by atoms with Gasteiger partial charge in [-0.25, -0.2) is 0 Å². The van der Waals surface area contributed by atoms with Gasteiger partial charge in [-0.2, -0.15) is 5.10 Å². The standard InChI is InChI=1S/C14H17N3O2S/c1-20(19)13-6-4-12(5-7-13)14(18)15-8-2-10-17-11-3-9-16-17/h3-7,9,11H,2,8,10H2,1H3,(H,15,18). The molecule has 0 radical (unpaired) electrons. The molecule has 1 unspecified atom stereocenters. The Morgan fingerprint density at radius 1 is 1.35 bits per heavy atom. The van der Waals surface area contributed by atoms with Crippen LogP contribution in [0.3, 0.4) is 0 Å². The average Bonchev–Trinajstić information content (AvgIpc) is 2.96. The van der Waals surface area contributed by atoms with E-state index in [-0.39, 0.29) is 5.91 Å². The lowest BCUT2D eigenvalue weighted by Gasteiger charge is -2.06. The fraction of sp³-hybridized carbons (Fsp3) is 0.286. The lowest BCUT2D eigenvalue weighted by atomic mass is 10.2. The first-order valence-electron chi connectivity index (χ1n) is 6.36. The molecule has 0 saturated carbocycles. The lowest BCUT2D eigenvalue weighted by Crippen LogP contribution is -2.25. The summed E-state index contributed by atoms with van der Waals surface area (Å²) in [5, 5.41) is 6.95. The van der Waals surface area contributed by atoms with Gasteiger partial charge in [0.25, 0.3) is 5.91 Å². The van der Waals surface area contributed by atoms with Crippen molar-refractivity contribution in [2.24, 2.45) is 0 Å². The average molecular weight is 291 g/mol. The Balaban J connectivity index is 1.78. The second-order valence-corrected chi connectivity index (χ2v) is 5.74. The van der Waals surface area contributed by atoms with Gasteiger partial charge < -0.3 is 5.32 Å². The second-order valence-electron chi connectivity index (χ2n) is 4.36. The summed E-state index contributed by atoms with van der Waals surface area (Å²) in [5.41, 5.74) is 0.582. The monoisotopic (exact) mass is 291 g/mol. The van der Waals surface area contributed by atoms with Crippen molar-refractivity contribution in [3.63, 3.8) is 0 Å². The summed E-state index contributed by atoms with van der Waals surface area (Å²) >= 11 is 0. The molecule has 2 aromatic rings. The Morgan fingerprint density at radius 2 is 2.10 bits per heavy atom. The molecule has 1 N–H and O–H groups in total. The van der Waals surface area contributed by atoms with Gasteiger partial charge in [0.15, 0.2) is 0 Å². The smallest absolute Gasteiger partial charge is 0.251 e. The van der Waals surface area contributed by atoms with Crippen LogP contribution in [0, 0.1) is 0 Å². The van der Waals surface area contributed by atoms with E-state index in [4.69, 9.17) is 0 Å². The van der Waals surface area contributed by atoms with Gasteiger partial charge in [0.2, 0.25) is 0 Å². The first kappa shape index (κ1) is 14.5. The van der Waals surface area contributed by atoms with Gasteiger partial charge in [-0.15, -0.1) is 0 Å². The molecule has 0 bridgehead atoms. The fourth-order valence-electron chi connectivity index (χ4n) is 1.78. The Kier molecular flexibility index (Phi) is 5.06. The number of nitrogens with zero attached hydrogens (tertiary/aromatic N) is 2. The predicted octanol–water partition coefficient (Wildman–Crippen LogP) is 1.44. The first-order valence-corrected chi connectivity index (χ1v) is 7.92. The molecule has 0 spiro atoms. The van der Waals surface area contributed by atoms with Crippen molar-refractivity contribution in [1.82, 2.24) is 15.1 Å². The minimum atomic E-state index is -1.02. The molecule has 106 valence electrons. The molecule has 0 aliphatic carbocycles. The maximum absolute atomic E-state index is 11.9. The van der Waals surface area contributed by atoms with Crippen LogP contribution in [0.5, 0.6) is 0 Å². The number of rotatable bonds is 6. The van der Waals surface area contributed by atoms with E-state index in [1.165, 1.54) is 0 Å². The van der Waals surface area contributed by atoms with Crippen LogP contribution < -0.4 is 5.32 Å². The largest absolute Gasteiger partial charge is 0.352 e. The molecule has 1 amide bonds. The molecule has 0 aliphatic rings. The molecule has 2 rings (SSSR count). The van der Waals surface area contributed by atoms with Gasteiger partial charge in [0, 0.05) is 53.0 Å². The van der Waals surface area contributed by atoms with E-state index in [1.54, 1.807) is 36.7 Å². The summed E-state index contributed by atoms with van der Waals surface area (Å²) < 4.78 is 13.1. The number of nitrogens with one attached hydrogen (secondary N) is 1. The van der Waals surface area contributed by atoms with Crippen LogP contribution in [0.15, 0.2) is 47.6 Å². The van der Waals surface area contributed by atoms with E-state index >= 15 is 0 Å². The molecular weight excluding hydrogens is 274 g/mol. The van der Waals surface area contributed by atoms with Crippen LogP contribution >= 0.6 is 0 Å². The number of aromatic nitrogens is 2. The second kappa shape index (κ2) is 7.00. The molecule has 0 saturated heterocycles. The summed E-state index contributed by atoms with van der Waals surface area (Å²) in [6.07, 6.45) is 6.07. The highest BCUT2D eigenvalue weighted by molar-refractivity contribution is 7.84. The van der Waals surface area contributed by atoms with Crippen molar-refractivity contribution >= 4 is 16.7 Å². The summed E-state index contributed by atoms with van der Waals surface area (Å²) in [6.45, 7) is 1.38. The summed E-state index contributed by atoms with van der Waals surface area (Å²) in [6, 6.07) is 8.69. The van der Waals surface area contributed by atoms with E-state index in [0.29, 0.717) is 12.1 Å². The topological polar surface area (TPSA) is 64.0 Å². The van der Waals surface area contributed by atoms with E-state index in [2.05, 4.69) is 10.4 Å². The van der Waals surface area contributed by atoms with Gasteiger partial charge in [0.05, 0.1) is 0 Å². The quantitative estimate of drug-likeness (QED) is 0.819. The first-order chi connectivity index (χ1) is 9.66. The van der Waals surface area contributed by atoms with E-state index in [9.17, 15) is 9.00 Å². The zero-order valence-electron chi connectivity index (χ0n) is 11.3. The van der Waals surface area contributed by atoms with Crippen LogP contribution in [0.2, 0.25) is 0 Å². The number of hydrogen-bond acceptors (Lipinski definition) is 3. The van der Waals surface area contributed by atoms with Crippen LogP contribution in [0.1, 0.15) is 16.8 Å². The molecule has 1 aromatic carbocycles. The van der Waals surface area contributed by atoms with Gasteiger partial charge in [-0.1, -0.05) is 0 Å². The SMILES string of the molecule is CS(=O)c1ccc(C(=O)NCCCn2cccn2)cc1. The van der Waals surface area contributed by atoms with Crippen molar-refractivity contribution in [3.05, 3.63) is 48.3 Å². The summed E-state index contributed by atoms with van der Waals surface area (Å²) in [4.78, 5) is 12.6. The van der Waals surface area contributed by atoms with Crippen molar-refractivity contribution in [1.29, 1.82) is 0 Å². The molecule has 1 heterocycles. The van der Waals surface area contributed by atoms with Gasteiger partial charge in [-0.05, 0) is 36.8 Å². The minimum absolute atomic E-state index is 0.112. The summed E-state index contributed by atoms with van der Waals surface area (Å²) in [7, 11) is -1.02.